The monoisotopic (exact) mass is 271 g/mol. The van der Waals surface area contributed by atoms with Crippen LogP contribution in [0.25, 0.3) is 5.78 Å². The molecule has 0 spiro atoms. The van der Waals surface area contributed by atoms with E-state index in [2.05, 4.69) is 15.1 Å². The maximum absolute atomic E-state index is 12.2. The summed E-state index contributed by atoms with van der Waals surface area (Å²) in [5.74, 6) is -2.23. The van der Waals surface area contributed by atoms with E-state index in [4.69, 9.17) is 0 Å². The van der Waals surface area contributed by atoms with E-state index in [0.29, 0.717) is 6.20 Å². The molecule has 2 heterocycles. The molecule has 0 aromatic carbocycles. The van der Waals surface area contributed by atoms with Gasteiger partial charge in [0.2, 0.25) is 0 Å². The molecule has 18 heavy (non-hydrogen) atoms. The predicted molar refractivity (Wildman–Crippen MR) is 44.2 cm³/mol. The Hall–Kier alpha value is -1.46. The predicted octanol–water partition coefficient (Wildman–Crippen LogP) is -3.02. The maximum Gasteiger partial charge on any atom is 1.00 e. The number of nitrogens with zero attached hydrogens (tertiary/aromatic N) is 5. The summed E-state index contributed by atoms with van der Waals surface area (Å²) in [5.41, 5.74) is -2.29. The second kappa shape index (κ2) is 4.66. The maximum atomic E-state index is 12.2. The largest absolute Gasteiger partial charge is 1.00 e. The third-order valence-corrected chi connectivity index (χ3v) is 1.75. The summed E-state index contributed by atoms with van der Waals surface area (Å²) in [4.78, 5) is 26.8. The summed E-state index contributed by atoms with van der Waals surface area (Å²) in [6.45, 7) is 0. The molecule has 2 aromatic heterocycles. The molecule has 90 valence electrons. The number of nitro groups is 1. The van der Waals surface area contributed by atoms with E-state index >= 15 is 0 Å². The Morgan fingerprint density at radius 1 is 1.44 bits per heavy atom. The average Bonchev–Trinajstić information content (AvgIpc) is 2.61. The van der Waals surface area contributed by atoms with Crippen molar-refractivity contribution in [1.29, 1.82) is 0 Å². The van der Waals surface area contributed by atoms with Gasteiger partial charge in [-0.25, -0.2) is 5.10 Å². The first-order valence-corrected chi connectivity index (χ1v) is 3.95. The van der Waals surface area contributed by atoms with Crippen molar-refractivity contribution in [2.75, 3.05) is 0 Å². The van der Waals surface area contributed by atoms with Crippen LogP contribution in [0.4, 0.5) is 18.9 Å². The summed E-state index contributed by atoms with van der Waals surface area (Å²) >= 11 is 0. The molecule has 0 unspecified atom stereocenters. The van der Waals surface area contributed by atoms with Crippen molar-refractivity contribution in [3.8, 4) is 0 Å². The Balaban J connectivity index is 0.00000162. The second-order valence-corrected chi connectivity index (χ2v) is 2.85. The van der Waals surface area contributed by atoms with Crippen molar-refractivity contribution in [1.82, 2.24) is 19.6 Å². The summed E-state index contributed by atoms with van der Waals surface area (Å²) in [6, 6.07) is 0. The van der Waals surface area contributed by atoms with Crippen LogP contribution < -0.4 is 40.1 Å². The van der Waals surface area contributed by atoms with Crippen LogP contribution in [-0.4, -0.2) is 19.5 Å². The normalized spacial score (nSPS) is 11.3. The van der Waals surface area contributed by atoms with Crippen LogP contribution in [0.5, 0.6) is 0 Å². The molecule has 0 saturated heterocycles. The molecule has 0 fully saturated rings. The van der Waals surface area contributed by atoms with Gasteiger partial charge in [0.05, 0.1) is 4.92 Å². The van der Waals surface area contributed by atoms with Crippen molar-refractivity contribution in [3.05, 3.63) is 32.5 Å². The van der Waals surface area contributed by atoms with Crippen LogP contribution in [0.1, 0.15) is 5.82 Å². The van der Waals surface area contributed by atoms with E-state index < -0.39 is 33.9 Å². The average molecular weight is 271 g/mol. The summed E-state index contributed by atoms with van der Waals surface area (Å²) in [7, 11) is 0. The topological polar surface area (TPSA) is 104 Å². The number of hydrogen-bond acceptors (Lipinski definition) is 5. The minimum atomic E-state index is -4.85. The Kier molecular flexibility index (Phi) is 3.78. The molecule has 0 N–H and O–H groups in total. The van der Waals surface area contributed by atoms with Crippen LogP contribution in [0.3, 0.4) is 0 Å². The van der Waals surface area contributed by atoms with Gasteiger partial charge in [-0.2, -0.15) is 13.2 Å². The number of halogens is 3. The molecule has 8 nitrogen and oxygen atoms in total. The van der Waals surface area contributed by atoms with Crippen molar-refractivity contribution in [3.63, 3.8) is 0 Å². The van der Waals surface area contributed by atoms with Gasteiger partial charge in [-0.15, -0.1) is 0 Å². The quantitative estimate of drug-likeness (QED) is 0.310. The van der Waals surface area contributed by atoms with Gasteiger partial charge in [0.25, 0.3) is 5.56 Å². The molecule has 0 aliphatic rings. The number of hydrogen-bond donors (Lipinski definition) is 0. The van der Waals surface area contributed by atoms with E-state index in [1.807, 2.05) is 0 Å². The van der Waals surface area contributed by atoms with Gasteiger partial charge >= 0.3 is 41.4 Å². The van der Waals surface area contributed by atoms with Crippen LogP contribution in [0.2, 0.25) is 0 Å². The van der Waals surface area contributed by atoms with Crippen molar-refractivity contribution < 1.29 is 47.7 Å². The third kappa shape index (κ3) is 2.37. The molecule has 0 amide bonds. The molecule has 0 radical (unpaired) electrons. The Labute approximate surface area is 117 Å². The fraction of sp³-hybridized carbons (Fsp3) is 0.167. The van der Waals surface area contributed by atoms with E-state index in [-0.39, 0.29) is 34.1 Å². The van der Waals surface area contributed by atoms with Gasteiger partial charge in [0.15, 0.2) is 5.82 Å². The van der Waals surface area contributed by atoms with Gasteiger partial charge in [0.1, 0.15) is 0 Å². The standard InChI is InChI=1S/C6H2F3N5O3.Na/c7-6(8,9)4-11-5-10-1-2(14(16)17)3(15)13(5)12-4;/h1H,(H,10,11,12,15);/q;+1/p-1. The van der Waals surface area contributed by atoms with Crippen LogP contribution in [0.15, 0.2) is 11.0 Å². The van der Waals surface area contributed by atoms with Crippen molar-refractivity contribution >= 4 is 11.5 Å². The van der Waals surface area contributed by atoms with Gasteiger partial charge in [-0.05, 0) is 0 Å². The summed E-state index contributed by atoms with van der Waals surface area (Å²) in [6.07, 6.45) is -4.32. The second-order valence-electron chi connectivity index (χ2n) is 2.85. The fourth-order valence-electron chi connectivity index (χ4n) is 1.05. The number of fused-ring (bicyclic) bond motifs is 1. The summed E-state index contributed by atoms with van der Waals surface area (Å²) < 4.78 is 36.8. The molecule has 0 aliphatic heterocycles. The molecule has 0 bridgehead atoms. The van der Waals surface area contributed by atoms with Crippen molar-refractivity contribution in [2.24, 2.45) is 0 Å². The van der Waals surface area contributed by atoms with Crippen molar-refractivity contribution in [2.45, 2.75) is 6.18 Å². The SMILES string of the molecule is O=c1c([N+](=O)[O-])c[n-]c2nc(C(F)(F)F)nn12.[Na+]. The van der Waals surface area contributed by atoms with E-state index in [9.17, 15) is 28.1 Å². The summed E-state index contributed by atoms with van der Waals surface area (Å²) in [5, 5.41) is 13.2. The molecular weight excluding hydrogens is 270 g/mol. The zero-order valence-corrected chi connectivity index (χ0v) is 10.7. The first-order chi connectivity index (χ1) is 7.80. The smallest absolute Gasteiger partial charge is 0.358 e. The Bertz CT molecular complexity index is 663. The zero-order valence-electron chi connectivity index (χ0n) is 8.67. The Morgan fingerprint density at radius 3 is 2.56 bits per heavy atom. The van der Waals surface area contributed by atoms with Gasteiger partial charge in [-0.1, -0.05) is 0 Å². The molecular formula is C6HF3N5NaO3. The van der Waals surface area contributed by atoms with E-state index in [0.717, 1.165) is 0 Å². The molecule has 2 rings (SSSR count). The minimum Gasteiger partial charge on any atom is -0.358 e. The third-order valence-electron chi connectivity index (χ3n) is 1.75. The first kappa shape index (κ1) is 14.6. The molecule has 2 aromatic rings. The number of aromatic nitrogens is 4. The van der Waals surface area contributed by atoms with Crippen LogP contribution in [0, 0.1) is 10.1 Å². The minimum absolute atomic E-state index is 0. The Morgan fingerprint density at radius 2 is 2.06 bits per heavy atom. The van der Waals surface area contributed by atoms with Gasteiger partial charge < -0.3 is 9.97 Å². The number of rotatable bonds is 1. The van der Waals surface area contributed by atoms with Gasteiger partial charge in [-0.3, -0.25) is 19.4 Å². The number of alkyl halides is 3. The fourth-order valence-corrected chi connectivity index (χ4v) is 1.05. The van der Waals surface area contributed by atoms with Crippen LogP contribution >= 0.6 is 0 Å². The van der Waals surface area contributed by atoms with Gasteiger partial charge in [0, 0.05) is 12.0 Å². The molecule has 0 aliphatic carbocycles. The van der Waals surface area contributed by atoms with E-state index in [1.165, 1.54) is 0 Å². The van der Waals surface area contributed by atoms with Crippen LogP contribution in [-0.2, 0) is 6.18 Å². The molecule has 0 atom stereocenters. The first-order valence-electron chi connectivity index (χ1n) is 3.95. The molecule has 12 heteroatoms. The molecule has 0 saturated carbocycles. The van der Waals surface area contributed by atoms with E-state index in [1.54, 1.807) is 0 Å². The zero-order chi connectivity index (χ0) is 12.8.